The number of likely N-dealkylation sites (tertiary alicyclic amines) is 1. The second-order valence-electron chi connectivity index (χ2n) is 8.79. The smallest absolute Gasteiger partial charge is 0.410 e. The number of carbonyl (C=O) groups excluding carboxylic acids is 2. The molecule has 1 aliphatic heterocycles. The topological polar surface area (TPSA) is 75.9 Å². The Morgan fingerprint density at radius 1 is 1.24 bits per heavy atom. The van der Waals surface area contributed by atoms with E-state index in [1.165, 1.54) is 0 Å². The van der Waals surface area contributed by atoms with Crippen molar-refractivity contribution in [2.45, 2.75) is 79.0 Å². The van der Waals surface area contributed by atoms with Crippen molar-refractivity contribution in [2.24, 2.45) is 17.6 Å². The molecule has 1 fully saturated rings. The lowest BCUT2D eigenvalue weighted by molar-refractivity contribution is -0.136. The fourth-order valence-electron chi connectivity index (χ4n) is 3.02. The Hall–Kier alpha value is -1.30. The van der Waals surface area contributed by atoms with Crippen molar-refractivity contribution < 1.29 is 14.3 Å². The van der Waals surface area contributed by atoms with Crippen molar-refractivity contribution in [3.05, 3.63) is 0 Å². The van der Waals surface area contributed by atoms with Crippen LogP contribution in [0.4, 0.5) is 4.79 Å². The lowest BCUT2D eigenvalue weighted by Crippen LogP contribution is -2.52. The number of rotatable bonds is 5. The lowest BCUT2D eigenvalue weighted by Gasteiger charge is -2.38. The highest BCUT2D eigenvalue weighted by Gasteiger charge is 2.32. The summed E-state index contributed by atoms with van der Waals surface area (Å²) in [6.07, 6.45) is 1.67. The molecular formula is C19H37N3O3. The molecule has 1 aliphatic rings. The van der Waals surface area contributed by atoms with E-state index < -0.39 is 11.6 Å². The second kappa shape index (κ2) is 8.88. The van der Waals surface area contributed by atoms with Gasteiger partial charge in [-0.05, 0) is 59.3 Å². The monoisotopic (exact) mass is 355 g/mol. The Bertz CT molecular complexity index is 457. The quantitative estimate of drug-likeness (QED) is 0.823. The first-order valence-corrected chi connectivity index (χ1v) is 9.46. The molecule has 6 nitrogen and oxygen atoms in total. The van der Waals surface area contributed by atoms with E-state index in [1.807, 2.05) is 53.4 Å². The van der Waals surface area contributed by atoms with Gasteiger partial charge in [0, 0.05) is 25.7 Å². The molecule has 0 spiro atoms. The summed E-state index contributed by atoms with van der Waals surface area (Å²) < 4.78 is 5.48. The summed E-state index contributed by atoms with van der Waals surface area (Å²) in [4.78, 5) is 28.6. The van der Waals surface area contributed by atoms with Crippen LogP contribution in [0.1, 0.15) is 61.3 Å². The molecule has 0 aromatic heterocycles. The third-order valence-corrected chi connectivity index (χ3v) is 4.54. The van der Waals surface area contributed by atoms with E-state index in [0.29, 0.717) is 19.6 Å². The van der Waals surface area contributed by atoms with Gasteiger partial charge in [0.1, 0.15) is 5.60 Å². The number of nitrogens with zero attached hydrogens (tertiary/aromatic N) is 2. The summed E-state index contributed by atoms with van der Waals surface area (Å²) >= 11 is 0. The van der Waals surface area contributed by atoms with Gasteiger partial charge in [0.15, 0.2) is 0 Å². The van der Waals surface area contributed by atoms with Crippen LogP contribution >= 0.6 is 0 Å². The number of ether oxygens (including phenoxy) is 1. The van der Waals surface area contributed by atoms with Crippen LogP contribution in [0.2, 0.25) is 0 Å². The first-order chi connectivity index (χ1) is 11.4. The fraction of sp³-hybridized carbons (Fsp3) is 0.895. The Kier molecular flexibility index (Phi) is 7.72. The molecule has 0 bridgehead atoms. The molecule has 25 heavy (non-hydrogen) atoms. The van der Waals surface area contributed by atoms with Gasteiger partial charge in [-0.25, -0.2) is 4.79 Å². The van der Waals surface area contributed by atoms with E-state index in [0.717, 1.165) is 12.8 Å². The molecule has 2 N–H and O–H groups in total. The normalized spacial score (nSPS) is 19.9. The Labute approximate surface area is 153 Å². The molecule has 1 saturated heterocycles. The minimum Gasteiger partial charge on any atom is -0.444 e. The van der Waals surface area contributed by atoms with Crippen LogP contribution in [0.15, 0.2) is 0 Å². The number of carbonyl (C=O) groups is 2. The van der Waals surface area contributed by atoms with Gasteiger partial charge in [-0.2, -0.15) is 0 Å². The van der Waals surface area contributed by atoms with Gasteiger partial charge in [0.2, 0.25) is 5.91 Å². The molecule has 2 amide bonds. The minimum atomic E-state index is -0.492. The number of piperidine rings is 1. The van der Waals surface area contributed by atoms with Crippen LogP contribution in [-0.4, -0.2) is 59.1 Å². The molecular weight excluding hydrogens is 318 g/mol. The predicted octanol–water partition coefficient (Wildman–Crippen LogP) is 2.85. The van der Waals surface area contributed by atoms with Crippen LogP contribution in [0.5, 0.6) is 0 Å². The molecule has 0 radical (unpaired) electrons. The molecule has 2 unspecified atom stereocenters. The van der Waals surface area contributed by atoms with Crippen LogP contribution in [0.3, 0.4) is 0 Å². The summed E-state index contributed by atoms with van der Waals surface area (Å²) in [6, 6.07) is -0.387. The van der Waals surface area contributed by atoms with E-state index in [1.54, 1.807) is 4.90 Å². The van der Waals surface area contributed by atoms with Gasteiger partial charge < -0.3 is 20.3 Å². The van der Waals surface area contributed by atoms with Gasteiger partial charge in [0.05, 0.1) is 6.04 Å². The molecule has 0 saturated carbocycles. The van der Waals surface area contributed by atoms with Crippen molar-refractivity contribution in [3.8, 4) is 0 Å². The molecule has 146 valence electrons. The first kappa shape index (κ1) is 21.7. The molecule has 0 aliphatic carbocycles. The summed E-state index contributed by atoms with van der Waals surface area (Å²) in [7, 11) is 0. The molecule has 0 aromatic rings. The molecule has 2 atom stereocenters. The highest BCUT2D eigenvalue weighted by atomic mass is 16.6. The SMILES string of the molecule is CC(C)C(N)C(=O)N(CC1CCCN(C(=O)OC(C)(C)C)C1)C(C)C. The van der Waals surface area contributed by atoms with Gasteiger partial charge in [-0.15, -0.1) is 0 Å². The zero-order valence-corrected chi connectivity index (χ0v) is 17.0. The maximum absolute atomic E-state index is 12.7. The molecule has 1 heterocycles. The van der Waals surface area contributed by atoms with Crippen LogP contribution in [0.25, 0.3) is 0 Å². The standard InChI is InChI=1S/C19H37N3O3/c1-13(2)16(20)17(23)22(14(3)4)12-15-9-8-10-21(11-15)18(24)25-19(5,6)7/h13-16H,8-12,20H2,1-7H3. The van der Waals surface area contributed by atoms with Gasteiger partial charge in [0.25, 0.3) is 0 Å². The number of amides is 2. The second-order valence-corrected chi connectivity index (χ2v) is 8.79. The third kappa shape index (κ3) is 6.84. The highest BCUT2D eigenvalue weighted by Crippen LogP contribution is 2.21. The van der Waals surface area contributed by atoms with E-state index in [2.05, 4.69) is 0 Å². The van der Waals surface area contributed by atoms with E-state index in [4.69, 9.17) is 10.5 Å². The average Bonchev–Trinajstić information content (AvgIpc) is 2.49. The van der Waals surface area contributed by atoms with Gasteiger partial charge in [-0.3, -0.25) is 4.79 Å². The number of hydrogen-bond acceptors (Lipinski definition) is 4. The van der Waals surface area contributed by atoms with Crippen molar-refractivity contribution >= 4 is 12.0 Å². The average molecular weight is 356 g/mol. The zero-order chi connectivity index (χ0) is 19.4. The third-order valence-electron chi connectivity index (χ3n) is 4.54. The Morgan fingerprint density at radius 2 is 1.84 bits per heavy atom. The summed E-state index contributed by atoms with van der Waals surface area (Å²) in [5.41, 5.74) is 5.58. The molecule has 0 aromatic carbocycles. The molecule has 6 heteroatoms. The van der Waals surface area contributed by atoms with Gasteiger partial charge in [-0.1, -0.05) is 13.8 Å². The zero-order valence-electron chi connectivity index (χ0n) is 17.0. The number of hydrogen-bond donors (Lipinski definition) is 1. The minimum absolute atomic E-state index is 0.000563. The Morgan fingerprint density at radius 3 is 2.32 bits per heavy atom. The van der Waals surface area contributed by atoms with E-state index >= 15 is 0 Å². The van der Waals surface area contributed by atoms with Crippen molar-refractivity contribution in [1.82, 2.24) is 9.80 Å². The van der Waals surface area contributed by atoms with Crippen molar-refractivity contribution in [1.29, 1.82) is 0 Å². The van der Waals surface area contributed by atoms with E-state index in [9.17, 15) is 9.59 Å². The first-order valence-electron chi connectivity index (χ1n) is 9.46. The van der Waals surface area contributed by atoms with Gasteiger partial charge >= 0.3 is 6.09 Å². The van der Waals surface area contributed by atoms with Crippen molar-refractivity contribution in [3.63, 3.8) is 0 Å². The van der Waals surface area contributed by atoms with Crippen LogP contribution in [-0.2, 0) is 9.53 Å². The van der Waals surface area contributed by atoms with E-state index in [-0.39, 0.29) is 29.9 Å². The number of nitrogens with two attached hydrogens (primary N) is 1. The van der Waals surface area contributed by atoms with Crippen LogP contribution in [0, 0.1) is 11.8 Å². The van der Waals surface area contributed by atoms with Crippen LogP contribution < -0.4 is 5.73 Å². The maximum Gasteiger partial charge on any atom is 0.410 e. The maximum atomic E-state index is 12.7. The summed E-state index contributed by atoms with van der Waals surface area (Å²) in [6.45, 7) is 15.6. The molecule has 1 rings (SSSR count). The summed E-state index contributed by atoms with van der Waals surface area (Å²) in [5, 5.41) is 0. The largest absolute Gasteiger partial charge is 0.444 e. The summed E-state index contributed by atoms with van der Waals surface area (Å²) in [5.74, 6) is 0.365. The van der Waals surface area contributed by atoms with Crippen molar-refractivity contribution in [2.75, 3.05) is 19.6 Å². The predicted molar refractivity (Wildman–Crippen MR) is 100 cm³/mol. The lowest BCUT2D eigenvalue weighted by atomic mass is 9.96. The highest BCUT2D eigenvalue weighted by molar-refractivity contribution is 5.82. The fourth-order valence-corrected chi connectivity index (χ4v) is 3.02. The Balaban J connectivity index is 2.72.